The molecule has 0 radical (unpaired) electrons. The smallest absolute Gasteiger partial charge is 0.0685 e. The molecule has 0 aliphatic heterocycles. The average molecular weight is 377 g/mol. The summed E-state index contributed by atoms with van der Waals surface area (Å²) in [6.07, 6.45) is 3.66. The standard InChI is InChI=1S/C23H28N4O/c1-17-6-5-11-26-23(17)15-27(18(2)22-7-3-4-10-25-22)14-20-9-8-19(13-24)12-21(20)16-28/h3-12,18,28H,13-16,24H2,1-2H3. The second-order valence-electron chi connectivity index (χ2n) is 7.07. The van der Waals surface area contributed by atoms with Crippen molar-refractivity contribution < 1.29 is 5.11 Å². The lowest BCUT2D eigenvalue weighted by atomic mass is 10.0. The quantitative estimate of drug-likeness (QED) is 0.629. The minimum Gasteiger partial charge on any atom is -0.392 e. The van der Waals surface area contributed by atoms with Crippen LogP contribution < -0.4 is 5.73 Å². The summed E-state index contributed by atoms with van der Waals surface area (Å²) in [6, 6.07) is 16.2. The fourth-order valence-corrected chi connectivity index (χ4v) is 3.34. The predicted octanol–water partition coefficient (Wildman–Crippen LogP) is 3.50. The molecule has 0 amide bonds. The molecule has 3 aromatic rings. The van der Waals surface area contributed by atoms with Crippen molar-refractivity contribution in [1.29, 1.82) is 0 Å². The fraction of sp³-hybridized carbons (Fsp3) is 0.304. The first-order valence-corrected chi connectivity index (χ1v) is 9.59. The Bertz CT molecular complexity index is 898. The van der Waals surface area contributed by atoms with Crippen LogP contribution in [0.3, 0.4) is 0 Å². The molecule has 5 heteroatoms. The first-order valence-electron chi connectivity index (χ1n) is 9.59. The number of rotatable bonds is 8. The van der Waals surface area contributed by atoms with Crippen LogP contribution in [-0.2, 0) is 26.2 Å². The Balaban J connectivity index is 1.93. The van der Waals surface area contributed by atoms with Gasteiger partial charge in [-0.25, -0.2) is 0 Å². The van der Waals surface area contributed by atoms with E-state index in [1.807, 2.05) is 48.8 Å². The van der Waals surface area contributed by atoms with Crippen LogP contribution in [0, 0.1) is 6.92 Å². The highest BCUT2D eigenvalue weighted by Gasteiger charge is 2.20. The van der Waals surface area contributed by atoms with E-state index in [1.165, 1.54) is 5.56 Å². The molecule has 0 saturated carbocycles. The fourth-order valence-electron chi connectivity index (χ4n) is 3.34. The molecule has 1 atom stereocenters. The predicted molar refractivity (Wildman–Crippen MR) is 111 cm³/mol. The van der Waals surface area contributed by atoms with E-state index in [9.17, 15) is 5.11 Å². The Morgan fingerprint density at radius 3 is 2.50 bits per heavy atom. The maximum Gasteiger partial charge on any atom is 0.0685 e. The number of nitrogens with two attached hydrogens (primary N) is 1. The Hall–Kier alpha value is -2.60. The van der Waals surface area contributed by atoms with Crippen molar-refractivity contribution in [2.75, 3.05) is 0 Å². The topological polar surface area (TPSA) is 75.3 Å². The van der Waals surface area contributed by atoms with E-state index in [0.717, 1.165) is 28.1 Å². The molecule has 146 valence electrons. The SMILES string of the molecule is Cc1cccnc1CN(Cc1ccc(CN)cc1CO)C(C)c1ccccn1. The van der Waals surface area contributed by atoms with Gasteiger partial charge in [-0.15, -0.1) is 0 Å². The second-order valence-corrected chi connectivity index (χ2v) is 7.07. The highest BCUT2D eigenvalue weighted by Crippen LogP contribution is 2.25. The summed E-state index contributed by atoms with van der Waals surface area (Å²) in [7, 11) is 0. The number of aliphatic hydroxyl groups excluding tert-OH is 1. The van der Waals surface area contributed by atoms with Gasteiger partial charge >= 0.3 is 0 Å². The molecule has 2 aromatic heterocycles. The van der Waals surface area contributed by atoms with Gasteiger partial charge < -0.3 is 10.8 Å². The number of nitrogens with zero attached hydrogens (tertiary/aromatic N) is 3. The molecule has 0 aliphatic rings. The van der Waals surface area contributed by atoms with E-state index >= 15 is 0 Å². The third-order valence-electron chi connectivity index (χ3n) is 5.18. The van der Waals surface area contributed by atoms with Gasteiger partial charge in [0.15, 0.2) is 0 Å². The molecular formula is C23H28N4O. The monoisotopic (exact) mass is 376 g/mol. The van der Waals surface area contributed by atoms with Gasteiger partial charge in [-0.05, 0) is 54.3 Å². The Morgan fingerprint density at radius 1 is 1.00 bits per heavy atom. The molecule has 0 saturated heterocycles. The van der Waals surface area contributed by atoms with E-state index in [4.69, 9.17) is 5.73 Å². The van der Waals surface area contributed by atoms with Crippen LogP contribution in [0.2, 0.25) is 0 Å². The van der Waals surface area contributed by atoms with E-state index in [1.54, 1.807) is 0 Å². The summed E-state index contributed by atoms with van der Waals surface area (Å²) < 4.78 is 0. The van der Waals surface area contributed by atoms with E-state index in [2.05, 4.69) is 40.8 Å². The van der Waals surface area contributed by atoms with Crippen molar-refractivity contribution in [3.63, 3.8) is 0 Å². The average Bonchev–Trinajstić information content (AvgIpc) is 2.75. The molecule has 5 nitrogen and oxygen atoms in total. The van der Waals surface area contributed by atoms with Crippen LogP contribution in [0.4, 0.5) is 0 Å². The lowest BCUT2D eigenvalue weighted by Gasteiger charge is -2.30. The zero-order valence-corrected chi connectivity index (χ0v) is 16.5. The minimum absolute atomic E-state index is 0.00238. The maximum absolute atomic E-state index is 9.86. The minimum atomic E-state index is -0.00238. The molecule has 0 fully saturated rings. The highest BCUT2D eigenvalue weighted by atomic mass is 16.3. The van der Waals surface area contributed by atoms with Crippen LogP contribution in [0.1, 0.15) is 46.6 Å². The zero-order chi connectivity index (χ0) is 19.9. The van der Waals surface area contributed by atoms with Gasteiger partial charge in [-0.2, -0.15) is 0 Å². The Morgan fingerprint density at radius 2 is 1.82 bits per heavy atom. The first-order chi connectivity index (χ1) is 13.6. The zero-order valence-electron chi connectivity index (χ0n) is 16.5. The molecule has 2 heterocycles. The number of hydrogen-bond donors (Lipinski definition) is 2. The van der Waals surface area contributed by atoms with Gasteiger partial charge in [0, 0.05) is 38.1 Å². The third kappa shape index (κ3) is 4.81. The highest BCUT2D eigenvalue weighted by molar-refractivity contribution is 5.32. The van der Waals surface area contributed by atoms with Gasteiger partial charge in [0.05, 0.1) is 18.0 Å². The van der Waals surface area contributed by atoms with Crippen molar-refractivity contribution in [2.45, 2.75) is 46.1 Å². The number of hydrogen-bond acceptors (Lipinski definition) is 5. The summed E-state index contributed by atoms with van der Waals surface area (Å²) in [6.45, 7) is 6.10. The molecule has 28 heavy (non-hydrogen) atoms. The summed E-state index contributed by atoms with van der Waals surface area (Å²) in [4.78, 5) is 11.5. The summed E-state index contributed by atoms with van der Waals surface area (Å²) >= 11 is 0. The van der Waals surface area contributed by atoms with Gasteiger partial charge in [0.2, 0.25) is 0 Å². The van der Waals surface area contributed by atoms with Gasteiger partial charge in [0.1, 0.15) is 0 Å². The van der Waals surface area contributed by atoms with Gasteiger partial charge in [-0.3, -0.25) is 14.9 Å². The normalized spacial score (nSPS) is 12.3. The lowest BCUT2D eigenvalue weighted by Crippen LogP contribution is -2.28. The van der Waals surface area contributed by atoms with E-state index < -0.39 is 0 Å². The Labute approximate surface area is 166 Å². The molecule has 0 aliphatic carbocycles. The number of aromatic nitrogens is 2. The summed E-state index contributed by atoms with van der Waals surface area (Å²) in [5.41, 5.74) is 12.0. The molecule has 0 bridgehead atoms. The molecule has 3 N–H and O–H groups in total. The number of pyridine rings is 2. The van der Waals surface area contributed by atoms with Crippen LogP contribution in [0.5, 0.6) is 0 Å². The van der Waals surface area contributed by atoms with Crippen molar-refractivity contribution in [3.8, 4) is 0 Å². The summed E-state index contributed by atoms with van der Waals surface area (Å²) in [5.74, 6) is 0. The largest absolute Gasteiger partial charge is 0.392 e. The van der Waals surface area contributed by atoms with Crippen molar-refractivity contribution >= 4 is 0 Å². The van der Waals surface area contributed by atoms with Crippen LogP contribution in [0.15, 0.2) is 60.9 Å². The van der Waals surface area contributed by atoms with Crippen LogP contribution in [-0.4, -0.2) is 20.0 Å². The molecule has 1 aromatic carbocycles. The molecule has 1 unspecified atom stereocenters. The number of aliphatic hydroxyl groups is 1. The van der Waals surface area contributed by atoms with Gasteiger partial charge in [-0.1, -0.05) is 30.3 Å². The molecule has 3 rings (SSSR count). The number of benzene rings is 1. The molecular weight excluding hydrogens is 348 g/mol. The van der Waals surface area contributed by atoms with E-state index in [-0.39, 0.29) is 12.6 Å². The third-order valence-corrected chi connectivity index (χ3v) is 5.18. The molecule has 0 spiro atoms. The van der Waals surface area contributed by atoms with Gasteiger partial charge in [0.25, 0.3) is 0 Å². The van der Waals surface area contributed by atoms with E-state index in [0.29, 0.717) is 19.6 Å². The number of aryl methyl sites for hydroxylation is 1. The second kappa shape index (κ2) is 9.55. The van der Waals surface area contributed by atoms with Crippen molar-refractivity contribution in [1.82, 2.24) is 14.9 Å². The first kappa shape index (κ1) is 20.1. The van der Waals surface area contributed by atoms with Crippen molar-refractivity contribution in [2.24, 2.45) is 5.73 Å². The summed E-state index contributed by atoms with van der Waals surface area (Å²) in [5, 5.41) is 9.86. The maximum atomic E-state index is 9.86. The lowest BCUT2D eigenvalue weighted by molar-refractivity contribution is 0.183. The van der Waals surface area contributed by atoms with Crippen LogP contribution in [0.25, 0.3) is 0 Å². The Kier molecular flexibility index (Phi) is 6.87. The van der Waals surface area contributed by atoms with Crippen molar-refractivity contribution in [3.05, 3.63) is 94.6 Å². The van der Waals surface area contributed by atoms with Crippen LogP contribution >= 0.6 is 0 Å².